The molecule has 1 heterocycles. The fourth-order valence-corrected chi connectivity index (χ4v) is 2.95. The summed E-state index contributed by atoms with van der Waals surface area (Å²) in [6.45, 7) is 2.20. The van der Waals surface area contributed by atoms with Crippen LogP contribution in [0.1, 0.15) is 27.0 Å². The Morgan fingerprint density at radius 1 is 1.22 bits per heavy atom. The van der Waals surface area contributed by atoms with E-state index < -0.39 is 5.91 Å². The first kappa shape index (κ1) is 18.6. The first-order chi connectivity index (χ1) is 13.0. The first-order valence-corrected chi connectivity index (χ1v) is 8.84. The number of ether oxygens (including phenoxy) is 1. The van der Waals surface area contributed by atoms with Crippen LogP contribution < -0.4 is 15.8 Å². The van der Waals surface area contributed by atoms with E-state index in [1.165, 1.54) is 0 Å². The Hall–Kier alpha value is -3.22. The largest absolute Gasteiger partial charge is 0.489 e. The predicted molar refractivity (Wildman–Crippen MR) is 108 cm³/mol. The molecule has 1 atom stereocenters. The molecule has 0 saturated heterocycles. The molecule has 2 aromatic carbocycles. The predicted octanol–water partition coefficient (Wildman–Crippen LogP) is 3.11. The summed E-state index contributed by atoms with van der Waals surface area (Å²) in [5.41, 5.74) is 9.88. The molecule has 3 aromatic rings. The Morgan fingerprint density at radius 3 is 2.74 bits per heavy atom. The highest BCUT2D eigenvalue weighted by atomic mass is 31.0. The Labute approximate surface area is 160 Å². The second kappa shape index (κ2) is 7.99. The van der Waals surface area contributed by atoms with E-state index in [2.05, 4.69) is 20.3 Å². The van der Waals surface area contributed by atoms with Gasteiger partial charge in [0.1, 0.15) is 12.4 Å². The van der Waals surface area contributed by atoms with Gasteiger partial charge >= 0.3 is 0 Å². The van der Waals surface area contributed by atoms with Gasteiger partial charge in [0, 0.05) is 17.3 Å². The number of benzene rings is 2. The summed E-state index contributed by atoms with van der Waals surface area (Å²) < 4.78 is 5.81. The molecule has 6 heteroatoms. The number of pyridine rings is 1. The van der Waals surface area contributed by atoms with Crippen molar-refractivity contribution in [3.63, 3.8) is 0 Å². The van der Waals surface area contributed by atoms with Crippen molar-refractivity contribution in [2.75, 3.05) is 0 Å². The molecule has 3 rings (SSSR count). The molecule has 0 aliphatic heterocycles. The Morgan fingerprint density at radius 2 is 2.04 bits per heavy atom. The van der Waals surface area contributed by atoms with Crippen molar-refractivity contribution in [3.8, 4) is 23.1 Å². The number of rotatable bonds is 5. The standard InChI is InChI=1S/C21H18N3O2P/c1-13-8-15(2-4-18(13)21(23)25)19-9-14(6-7-24-19)12-26-17-3-5-20(27)16(10-17)11-22/h2-10H,12,27H2,1H3,(H2,23,25). The van der Waals surface area contributed by atoms with Crippen LogP contribution in [-0.4, -0.2) is 10.9 Å². The number of nitrogens with two attached hydrogens (primary N) is 1. The van der Waals surface area contributed by atoms with Crippen molar-refractivity contribution >= 4 is 20.5 Å². The van der Waals surface area contributed by atoms with Gasteiger partial charge in [0.25, 0.3) is 0 Å². The highest BCUT2D eigenvalue weighted by Gasteiger charge is 2.08. The van der Waals surface area contributed by atoms with Gasteiger partial charge in [-0.25, -0.2) is 0 Å². The van der Waals surface area contributed by atoms with E-state index in [0.29, 0.717) is 23.5 Å². The van der Waals surface area contributed by atoms with E-state index >= 15 is 0 Å². The molecule has 1 amide bonds. The van der Waals surface area contributed by atoms with Crippen LogP contribution >= 0.6 is 9.24 Å². The van der Waals surface area contributed by atoms with E-state index in [0.717, 1.165) is 27.7 Å². The lowest BCUT2D eigenvalue weighted by molar-refractivity contribution is 0.0999. The average Bonchev–Trinajstić information content (AvgIpc) is 2.67. The minimum absolute atomic E-state index is 0.356. The fourth-order valence-electron chi connectivity index (χ4n) is 2.71. The molecule has 0 aliphatic carbocycles. The van der Waals surface area contributed by atoms with Crippen LogP contribution in [0.4, 0.5) is 0 Å². The Balaban J connectivity index is 1.79. The zero-order valence-corrected chi connectivity index (χ0v) is 15.9. The van der Waals surface area contributed by atoms with Crippen LogP contribution in [0.3, 0.4) is 0 Å². The number of amides is 1. The quantitative estimate of drug-likeness (QED) is 0.694. The van der Waals surface area contributed by atoms with Crippen LogP contribution in [0.5, 0.6) is 5.75 Å². The Kier molecular flexibility index (Phi) is 5.49. The van der Waals surface area contributed by atoms with Gasteiger partial charge in [0.2, 0.25) is 5.91 Å². The highest BCUT2D eigenvalue weighted by Crippen LogP contribution is 2.22. The second-order valence-electron chi connectivity index (χ2n) is 6.09. The summed E-state index contributed by atoms with van der Waals surface area (Å²) in [6, 6.07) is 16.8. The zero-order valence-electron chi connectivity index (χ0n) is 14.8. The van der Waals surface area contributed by atoms with Crippen molar-refractivity contribution in [2.24, 2.45) is 5.73 Å². The van der Waals surface area contributed by atoms with Crippen molar-refractivity contribution in [1.82, 2.24) is 4.98 Å². The summed E-state index contributed by atoms with van der Waals surface area (Å²) >= 11 is 0. The van der Waals surface area contributed by atoms with Crippen molar-refractivity contribution in [3.05, 3.63) is 77.0 Å². The number of carbonyl (C=O) groups is 1. The summed E-state index contributed by atoms with van der Waals surface area (Å²) in [4.78, 5) is 15.8. The van der Waals surface area contributed by atoms with Gasteiger partial charge < -0.3 is 10.5 Å². The normalized spacial score (nSPS) is 10.3. The molecule has 0 radical (unpaired) electrons. The van der Waals surface area contributed by atoms with Gasteiger partial charge in [-0.3, -0.25) is 9.78 Å². The SMILES string of the molecule is Cc1cc(-c2cc(COc3ccc(P)c(C#N)c3)ccn2)ccc1C(N)=O. The zero-order chi connectivity index (χ0) is 19.4. The minimum Gasteiger partial charge on any atom is -0.489 e. The molecule has 0 aliphatic rings. The third-order valence-corrected chi connectivity index (χ3v) is 4.67. The van der Waals surface area contributed by atoms with Gasteiger partial charge in [0.05, 0.1) is 17.3 Å². The summed E-state index contributed by atoms with van der Waals surface area (Å²) in [6.07, 6.45) is 1.72. The number of primary amides is 1. The van der Waals surface area contributed by atoms with Gasteiger partial charge in [0.15, 0.2) is 0 Å². The van der Waals surface area contributed by atoms with Crippen LogP contribution in [0.2, 0.25) is 0 Å². The molecule has 2 N–H and O–H groups in total. The van der Waals surface area contributed by atoms with E-state index in [-0.39, 0.29) is 0 Å². The molecule has 0 fully saturated rings. The van der Waals surface area contributed by atoms with Crippen molar-refractivity contribution < 1.29 is 9.53 Å². The van der Waals surface area contributed by atoms with Gasteiger partial charge in [-0.2, -0.15) is 5.26 Å². The Bertz CT molecular complexity index is 1060. The molecular weight excluding hydrogens is 357 g/mol. The van der Waals surface area contributed by atoms with Crippen LogP contribution in [0.25, 0.3) is 11.3 Å². The number of hydrogen-bond donors (Lipinski definition) is 1. The first-order valence-electron chi connectivity index (χ1n) is 8.26. The molecule has 27 heavy (non-hydrogen) atoms. The summed E-state index contributed by atoms with van der Waals surface area (Å²) in [5, 5.41) is 9.95. The molecule has 1 aromatic heterocycles. The van der Waals surface area contributed by atoms with Gasteiger partial charge in [-0.1, -0.05) is 12.1 Å². The molecule has 1 unspecified atom stereocenters. The molecule has 5 nitrogen and oxygen atoms in total. The van der Waals surface area contributed by atoms with E-state index in [9.17, 15) is 4.79 Å². The third-order valence-electron chi connectivity index (χ3n) is 4.16. The molecule has 0 saturated carbocycles. The van der Waals surface area contributed by atoms with Gasteiger partial charge in [-0.15, -0.1) is 9.24 Å². The topological polar surface area (TPSA) is 89.0 Å². The second-order valence-corrected chi connectivity index (χ2v) is 6.71. The monoisotopic (exact) mass is 375 g/mol. The van der Waals surface area contributed by atoms with Crippen LogP contribution in [0.15, 0.2) is 54.7 Å². The smallest absolute Gasteiger partial charge is 0.248 e. The van der Waals surface area contributed by atoms with Gasteiger partial charge in [-0.05, 0) is 59.8 Å². The van der Waals surface area contributed by atoms with Crippen molar-refractivity contribution in [2.45, 2.75) is 13.5 Å². The number of hydrogen-bond acceptors (Lipinski definition) is 4. The molecular formula is C21H18N3O2P. The van der Waals surface area contributed by atoms with E-state index in [1.54, 1.807) is 18.3 Å². The van der Waals surface area contributed by atoms with E-state index in [1.807, 2.05) is 43.3 Å². The molecule has 0 spiro atoms. The number of carbonyl (C=O) groups excluding carboxylic acids is 1. The maximum absolute atomic E-state index is 11.4. The number of nitrogens with zero attached hydrogens (tertiary/aromatic N) is 2. The fraction of sp³-hybridized carbons (Fsp3) is 0.0952. The summed E-state index contributed by atoms with van der Waals surface area (Å²) in [7, 11) is 2.53. The lowest BCUT2D eigenvalue weighted by Crippen LogP contribution is -2.12. The van der Waals surface area contributed by atoms with Crippen LogP contribution in [-0.2, 0) is 6.61 Å². The minimum atomic E-state index is -0.442. The lowest BCUT2D eigenvalue weighted by atomic mass is 10.0. The van der Waals surface area contributed by atoms with Crippen molar-refractivity contribution in [1.29, 1.82) is 5.26 Å². The maximum atomic E-state index is 11.4. The number of aryl methyl sites for hydroxylation is 1. The van der Waals surface area contributed by atoms with E-state index in [4.69, 9.17) is 15.7 Å². The summed E-state index contributed by atoms with van der Waals surface area (Å²) in [5.74, 6) is 0.195. The highest BCUT2D eigenvalue weighted by molar-refractivity contribution is 7.27. The average molecular weight is 375 g/mol. The molecule has 134 valence electrons. The molecule has 0 bridgehead atoms. The number of nitriles is 1. The maximum Gasteiger partial charge on any atom is 0.248 e. The van der Waals surface area contributed by atoms with Crippen LogP contribution in [0, 0.1) is 18.3 Å². The third kappa shape index (κ3) is 4.31. The lowest BCUT2D eigenvalue weighted by Gasteiger charge is -2.10. The number of aromatic nitrogens is 1.